The van der Waals surface area contributed by atoms with E-state index in [1.807, 2.05) is 0 Å². The molecule has 1 saturated heterocycles. The Hall–Kier alpha value is -3.43. The first kappa shape index (κ1) is 25.2. The first-order valence-electron chi connectivity index (χ1n) is 11.0. The van der Waals surface area contributed by atoms with Gasteiger partial charge in [-0.2, -0.15) is 0 Å². The maximum Gasteiger partial charge on any atom is 0.329 e. The van der Waals surface area contributed by atoms with Crippen molar-refractivity contribution in [3.63, 3.8) is 0 Å². The van der Waals surface area contributed by atoms with Gasteiger partial charge >= 0.3 is 5.97 Å². The zero-order valence-electron chi connectivity index (χ0n) is 18.9. The van der Waals surface area contributed by atoms with E-state index in [4.69, 9.17) is 14.2 Å². The number of benzene rings is 1. The number of amides is 1. The van der Waals surface area contributed by atoms with Crippen molar-refractivity contribution in [2.24, 2.45) is 5.92 Å². The van der Waals surface area contributed by atoms with E-state index >= 15 is 0 Å². The molecule has 0 saturated carbocycles. The molecule has 4 atom stereocenters. The van der Waals surface area contributed by atoms with Crippen LogP contribution >= 0.6 is 0 Å². The van der Waals surface area contributed by atoms with Crippen LogP contribution in [0.15, 0.2) is 42.6 Å². The lowest BCUT2D eigenvalue weighted by Gasteiger charge is -2.31. The Balaban J connectivity index is 1.78. The van der Waals surface area contributed by atoms with Crippen LogP contribution in [0.25, 0.3) is 0 Å². The van der Waals surface area contributed by atoms with E-state index in [1.165, 1.54) is 19.4 Å². The summed E-state index contributed by atoms with van der Waals surface area (Å²) in [6.07, 6.45) is -2.42. The van der Waals surface area contributed by atoms with Crippen molar-refractivity contribution in [3.8, 4) is 17.2 Å². The van der Waals surface area contributed by atoms with Gasteiger partial charge in [-0.05, 0) is 31.9 Å². The molecule has 1 unspecified atom stereocenters. The fraction of sp³-hybridized carbons (Fsp3) is 0.458. The van der Waals surface area contributed by atoms with Gasteiger partial charge in [0, 0.05) is 24.6 Å². The molecule has 1 fully saturated rings. The van der Waals surface area contributed by atoms with Crippen LogP contribution in [-0.4, -0.2) is 53.8 Å². The smallest absolute Gasteiger partial charge is 0.329 e. The van der Waals surface area contributed by atoms with Crippen LogP contribution in [0.5, 0.6) is 17.2 Å². The summed E-state index contributed by atoms with van der Waals surface area (Å²) in [4.78, 5) is 29.5. The van der Waals surface area contributed by atoms with Crippen LogP contribution in [0.1, 0.15) is 43.1 Å². The number of carbonyl (C=O) groups excluding carboxylic acids is 2. The first-order chi connectivity index (χ1) is 16.3. The topological polar surface area (TPSA) is 107 Å². The lowest BCUT2D eigenvalue weighted by Crippen LogP contribution is -2.45. The predicted molar refractivity (Wildman–Crippen MR) is 118 cm³/mol. The Morgan fingerprint density at radius 3 is 2.68 bits per heavy atom. The van der Waals surface area contributed by atoms with Gasteiger partial charge in [-0.3, -0.25) is 4.79 Å². The summed E-state index contributed by atoms with van der Waals surface area (Å²) in [5.74, 6) is -1.99. The number of pyridine rings is 1. The van der Waals surface area contributed by atoms with Gasteiger partial charge in [0.25, 0.3) is 5.91 Å². The Morgan fingerprint density at radius 2 is 2.00 bits per heavy atom. The number of esters is 1. The number of nitrogens with zero attached hydrogens (tertiary/aromatic N) is 1. The molecule has 0 aliphatic carbocycles. The van der Waals surface area contributed by atoms with Gasteiger partial charge in [0.2, 0.25) is 6.43 Å². The first-order valence-corrected chi connectivity index (χ1v) is 11.0. The summed E-state index contributed by atoms with van der Waals surface area (Å²) in [6.45, 7) is 1.59. The molecule has 2 heterocycles. The standard InChI is InChI=1S/C24H28F2N2O6/c1-14-22(34-16-8-4-3-5-9-16)15(13-19(25)26)7-6-10-17(24(31)33-14)28-23(30)20-21(29)18(32-2)11-12-27-20/h3-5,8-9,11-12,14-15,17,19,22,29H,6-7,10,13H2,1-2H3,(H,28,30)/t14-,15+,17?,22-/m0/s1. The number of para-hydroxylation sites is 1. The van der Waals surface area contributed by atoms with Crippen LogP contribution in [0.4, 0.5) is 8.78 Å². The highest BCUT2D eigenvalue weighted by Crippen LogP contribution is 2.31. The fourth-order valence-corrected chi connectivity index (χ4v) is 4.04. The van der Waals surface area contributed by atoms with Gasteiger partial charge in [-0.1, -0.05) is 24.6 Å². The SMILES string of the molecule is COc1ccnc(C(=O)NC2CCC[C@H](CC(F)F)[C@@H](Oc3ccccc3)[C@H](C)OC2=O)c1O. The van der Waals surface area contributed by atoms with Crippen molar-refractivity contribution in [2.75, 3.05) is 7.11 Å². The zero-order valence-corrected chi connectivity index (χ0v) is 18.9. The van der Waals surface area contributed by atoms with E-state index in [2.05, 4.69) is 10.3 Å². The van der Waals surface area contributed by atoms with Gasteiger partial charge < -0.3 is 24.6 Å². The number of cyclic esters (lactones) is 1. The van der Waals surface area contributed by atoms with Crippen molar-refractivity contribution in [3.05, 3.63) is 48.3 Å². The minimum atomic E-state index is -2.55. The number of ether oxygens (including phenoxy) is 3. The molecule has 1 amide bonds. The number of rotatable bonds is 7. The third-order valence-electron chi connectivity index (χ3n) is 5.71. The van der Waals surface area contributed by atoms with Crippen LogP contribution in [0.2, 0.25) is 0 Å². The molecular formula is C24H28F2N2O6. The second kappa shape index (κ2) is 11.6. The number of hydrogen-bond donors (Lipinski definition) is 2. The summed E-state index contributed by atoms with van der Waals surface area (Å²) in [7, 11) is 1.33. The van der Waals surface area contributed by atoms with Gasteiger partial charge in [0.05, 0.1) is 7.11 Å². The van der Waals surface area contributed by atoms with Crippen molar-refractivity contribution in [2.45, 2.75) is 57.3 Å². The Kier molecular flexibility index (Phi) is 8.61. The number of carbonyl (C=O) groups is 2. The molecule has 1 aromatic carbocycles. The molecule has 1 aliphatic rings. The van der Waals surface area contributed by atoms with Crippen LogP contribution < -0.4 is 14.8 Å². The van der Waals surface area contributed by atoms with Crippen molar-refractivity contribution in [1.29, 1.82) is 0 Å². The molecule has 0 bridgehead atoms. The highest BCUT2D eigenvalue weighted by molar-refractivity contribution is 5.97. The summed E-state index contributed by atoms with van der Waals surface area (Å²) < 4.78 is 43.2. The monoisotopic (exact) mass is 478 g/mol. The van der Waals surface area contributed by atoms with E-state index in [0.29, 0.717) is 18.6 Å². The normalized spacial score (nSPS) is 23.3. The van der Waals surface area contributed by atoms with Crippen LogP contribution in [0.3, 0.4) is 0 Å². The summed E-state index contributed by atoms with van der Waals surface area (Å²) in [5, 5.41) is 12.7. The molecule has 184 valence electrons. The maximum atomic E-state index is 13.3. The van der Waals surface area contributed by atoms with Gasteiger partial charge in [0.1, 0.15) is 24.0 Å². The number of methoxy groups -OCH3 is 1. The third-order valence-corrected chi connectivity index (χ3v) is 5.71. The quantitative estimate of drug-likeness (QED) is 0.584. The van der Waals surface area contributed by atoms with E-state index in [1.54, 1.807) is 37.3 Å². The number of nitrogens with one attached hydrogen (secondary N) is 1. The fourth-order valence-electron chi connectivity index (χ4n) is 4.04. The van der Waals surface area contributed by atoms with Crippen molar-refractivity contribution in [1.82, 2.24) is 10.3 Å². The Morgan fingerprint density at radius 1 is 1.26 bits per heavy atom. The predicted octanol–water partition coefficient (Wildman–Crippen LogP) is 3.73. The molecule has 1 aromatic heterocycles. The second-order valence-corrected chi connectivity index (χ2v) is 8.09. The average molecular weight is 478 g/mol. The van der Waals surface area contributed by atoms with Gasteiger partial charge in [-0.25, -0.2) is 18.6 Å². The van der Waals surface area contributed by atoms with Crippen molar-refractivity contribution >= 4 is 11.9 Å². The second-order valence-electron chi connectivity index (χ2n) is 8.09. The molecule has 2 N–H and O–H groups in total. The molecule has 3 rings (SSSR count). The number of halogens is 2. The minimum Gasteiger partial charge on any atom is -0.503 e. The van der Waals surface area contributed by atoms with Crippen LogP contribution in [0, 0.1) is 5.92 Å². The number of aromatic hydroxyl groups is 1. The average Bonchev–Trinajstić information content (AvgIpc) is 2.85. The summed E-state index contributed by atoms with van der Waals surface area (Å²) in [6, 6.07) is 9.07. The number of alkyl halides is 2. The molecule has 34 heavy (non-hydrogen) atoms. The summed E-state index contributed by atoms with van der Waals surface area (Å²) >= 11 is 0. The minimum absolute atomic E-state index is 0.0570. The lowest BCUT2D eigenvalue weighted by molar-refractivity contribution is -0.156. The van der Waals surface area contributed by atoms with E-state index in [9.17, 15) is 23.5 Å². The maximum absolute atomic E-state index is 13.3. The Bertz CT molecular complexity index is 975. The lowest BCUT2D eigenvalue weighted by atomic mass is 9.89. The van der Waals surface area contributed by atoms with E-state index < -0.39 is 54.6 Å². The molecule has 8 nitrogen and oxygen atoms in total. The van der Waals surface area contributed by atoms with Gasteiger partial charge in [-0.15, -0.1) is 0 Å². The highest BCUT2D eigenvalue weighted by atomic mass is 19.3. The van der Waals surface area contributed by atoms with E-state index in [-0.39, 0.29) is 17.9 Å². The highest BCUT2D eigenvalue weighted by Gasteiger charge is 2.37. The summed E-state index contributed by atoms with van der Waals surface area (Å²) in [5.41, 5.74) is -0.305. The van der Waals surface area contributed by atoms with Gasteiger partial charge in [0.15, 0.2) is 17.2 Å². The molecular weight excluding hydrogens is 450 g/mol. The van der Waals surface area contributed by atoms with E-state index in [0.717, 1.165) is 0 Å². The molecule has 10 heteroatoms. The zero-order chi connectivity index (χ0) is 24.7. The molecule has 1 aliphatic heterocycles. The Labute approximate surface area is 196 Å². The van der Waals surface area contributed by atoms with Crippen molar-refractivity contribution < 1.29 is 37.7 Å². The molecule has 0 radical (unpaired) electrons. The third kappa shape index (κ3) is 6.33. The molecule has 0 spiro atoms. The largest absolute Gasteiger partial charge is 0.503 e. The molecule has 2 aromatic rings. The van der Waals surface area contributed by atoms with Crippen LogP contribution in [-0.2, 0) is 9.53 Å². The number of hydrogen-bond acceptors (Lipinski definition) is 7. The number of aromatic nitrogens is 1.